The third-order valence-electron chi connectivity index (χ3n) is 2.05. The Morgan fingerprint density at radius 3 is 2.33 bits per heavy atom. The normalized spacial score (nSPS) is 18.6. The Morgan fingerprint density at radius 2 is 2.07 bits per heavy atom. The molecule has 0 aliphatic heterocycles. The minimum absolute atomic E-state index is 0.213. The van der Waals surface area contributed by atoms with E-state index < -0.39 is 17.8 Å². The standard InChI is InChI=1S/C8H9BrF3NOS/c1-4(13)7(14,8(10,11)12)6-5(9)2-3-15-6/h2-4,14H,13H2,1H3. The van der Waals surface area contributed by atoms with Crippen LogP contribution in [0.4, 0.5) is 13.2 Å². The van der Waals surface area contributed by atoms with Crippen LogP contribution >= 0.6 is 27.3 Å². The van der Waals surface area contributed by atoms with Crippen molar-refractivity contribution < 1.29 is 18.3 Å². The first-order valence-electron chi connectivity index (χ1n) is 3.99. The molecule has 0 aliphatic rings. The molecule has 1 aromatic rings. The van der Waals surface area contributed by atoms with Crippen LogP contribution in [-0.2, 0) is 5.60 Å². The number of thiophene rings is 1. The molecule has 0 saturated carbocycles. The molecule has 0 spiro atoms. The number of halogens is 4. The summed E-state index contributed by atoms with van der Waals surface area (Å²) in [5.74, 6) is 0. The van der Waals surface area contributed by atoms with Gasteiger partial charge in [0.25, 0.3) is 0 Å². The molecular weight excluding hydrogens is 295 g/mol. The van der Waals surface area contributed by atoms with E-state index in [1.54, 1.807) is 0 Å². The van der Waals surface area contributed by atoms with Crippen LogP contribution < -0.4 is 5.73 Å². The van der Waals surface area contributed by atoms with Gasteiger partial charge in [0, 0.05) is 10.5 Å². The van der Waals surface area contributed by atoms with Gasteiger partial charge in [0.2, 0.25) is 5.60 Å². The van der Waals surface area contributed by atoms with Crippen molar-refractivity contribution in [2.75, 3.05) is 0 Å². The molecule has 1 rings (SSSR count). The van der Waals surface area contributed by atoms with Crippen LogP contribution in [0, 0.1) is 0 Å². The van der Waals surface area contributed by atoms with Crippen molar-refractivity contribution in [2.24, 2.45) is 5.73 Å². The second-order valence-corrected chi connectivity index (χ2v) is 4.92. The molecule has 3 N–H and O–H groups in total. The molecule has 0 saturated heterocycles. The molecule has 86 valence electrons. The molecular formula is C8H9BrF3NOS. The molecule has 2 unspecified atom stereocenters. The first-order chi connectivity index (χ1) is 6.71. The average Bonchev–Trinajstić information content (AvgIpc) is 2.47. The zero-order valence-corrected chi connectivity index (χ0v) is 10.1. The van der Waals surface area contributed by atoms with Gasteiger partial charge in [-0.05, 0) is 34.3 Å². The summed E-state index contributed by atoms with van der Waals surface area (Å²) in [6.45, 7) is 1.12. The van der Waals surface area contributed by atoms with Crippen molar-refractivity contribution in [1.82, 2.24) is 0 Å². The maximum atomic E-state index is 12.8. The van der Waals surface area contributed by atoms with Crippen molar-refractivity contribution in [3.8, 4) is 0 Å². The lowest BCUT2D eigenvalue weighted by atomic mass is 9.93. The number of nitrogens with two attached hydrogens (primary N) is 1. The zero-order valence-electron chi connectivity index (χ0n) is 7.68. The summed E-state index contributed by atoms with van der Waals surface area (Å²) in [4.78, 5) is -0.218. The lowest BCUT2D eigenvalue weighted by Crippen LogP contribution is -2.53. The quantitative estimate of drug-likeness (QED) is 0.882. The highest BCUT2D eigenvalue weighted by Gasteiger charge is 2.59. The maximum Gasteiger partial charge on any atom is 0.423 e. The van der Waals surface area contributed by atoms with E-state index in [2.05, 4.69) is 15.9 Å². The van der Waals surface area contributed by atoms with Crippen molar-refractivity contribution in [2.45, 2.75) is 24.7 Å². The van der Waals surface area contributed by atoms with E-state index in [-0.39, 0.29) is 9.35 Å². The number of hydrogen-bond acceptors (Lipinski definition) is 3. The van der Waals surface area contributed by atoms with Gasteiger partial charge in [0.1, 0.15) is 0 Å². The molecule has 0 bridgehead atoms. The third-order valence-corrected chi connectivity index (χ3v) is 4.02. The first kappa shape index (κ1) is 13.0. The summed E-state index contributed by atoms with van der Waals surface area (Å²) >= 11 is 3.77. The molecule has 7 heteroatoms. The van der Waals surface area contributed by atoms with Gasteiger partial charge in [-0.1, -0.05) is 0 Å². The molecule has 0 aliphatic carbocycles. The summed E-state index contributed by atoms with van der Waals surface area (Å²) in [5, 5.41) is 11.2. The van der Waals surface area contributed by atoms with E-state index in [1.807, 2.05) is 0 Å². The van der Waals surface area contributed by atoms with Gasteiger partial charge in [-0.2, -0.15) is 13.2 Å². The van der Waals surface area contributed by atoms with Crippen molar-refractivity contribution >= 4 is 27.3 Å². The van der Waals surface area contributed by atoms with Gasteiger partial charge in [-0.3, -0.25) is 0 Å². The maximum absolute atomic E-state index is 12.8. The largest absolute Gasteiger partial charge is 0.423 e. The SMILES string of the molecule is CC(N)C(O)(c1sccc1Br)C(F)(F)F. The summed E-state index contributed by atoms with van der Waals surface area (Å²) in [5.41, 5.74) is 2.23. The van der Waals surface area contributed by atoms with E-state index in [0.717, 1.165) is 18.3 Å². The molecule has 0 radical (unpaired) electrons. The van der Waals surface area contributed by atoms with Gasteiger partial charge < -0.3 is 10.8 Å². The number of aliphatic hydroxyl groups is 1. The molecule has 1 aromatic heterocycles. The van der Waals surface area contributed by atoms with Gasteiger partial charge in [-0.15, -0.1) is 11.3 Å². The predicted octanol–water partition coefficient (Wildman–Crippen LogP) is 2.61. The summed E-state index contributed by atoms with van der Waals surface area (Å²) < 4.78 is 38.5. The highest BCUT2D eigenvalue weighted by Crippen LogP contribution is 2.45. The Kier molecular flexibility index (Phi) is 3.49. The number of hydrogen-bond donors (Lipinski definition) is 2. The predicted molar refractivity (Wildman–Crippen MR) is 55.6 cm³/mol. The van der Waals surface area contributed by atoms with Crippen LogP contribution in [0.25, 0.3) is 0 Å². The average molecular weight is 304 g/mol. The Morgan fingerprint density at radius 1 is 1.53 bits per heavy atom. The van der Waals surface area contributed by atoms with E-state index in [1.165, 1.54) is 11.4 Å². The smallest absolute Gasteiger partial charge is 0.374 e. The van der Waals surface area contributed by atoms with Crippen LogP contribution in [0.1, 0.15) is 11.8 Å². The fraction of sp³-hybridized carbons (Fsp3) is 0.500. The van der Waals surface area contributed by atoms with Gasteiger partial charge in [-0.25, -0.2) is 0 Å². The molecule has 2 nitrogen and oxygen atoms in total. The summed E-state index contributed by atoms with van der Waals surface area (Å²) in [6, 6.07) is 0.00600. The first-order valence-corrected chi connectivity index (χ1v) is 5.66. The molecule has 15 heavy (non-hydrogen) atoms. The Balaban J connectivity index is 3.32. The van der Waals surface area contributed by atoms with Gasteiger partial charge in [0.05, 0.1) is 4.88 Å². The van der Waals surface area contributed by atoms with E-state index in [0.29, 0.717) is 0 Å². The second kappa shape index (κ2) is 4.04. The molecule has 0 fully saturated rings. The van der Waals surface area contributed by atoms with E-state index >= 15 is 0 Å². The van der Waals surface area contributed by atoms with Crippen LogP contribution in [0.3, 0.4) is 0 Å². The minimum atomic E-state index is -4.80. The monoisotopic (exact) mass is 303 g/mol. The third kappa shape index (κ3) is 2.06. The van der Waals surface area contributed by atoms with Crippen LogP contribution in [0.5, 0.6) is 0 Å². The molecule has 2 atom stereocenters. The Hall–Kier alpha value is -0.110. The van der Waals surface area contributed by atoms with Crippen LogP contribution in [0.2, 0.25) is 0 Å². The topological polar surface area (TPSA) is 46.2 Å². The van der Waals surface area contributed by atoms with Crippen LogP contribution in [0.15, 0.2) is 15.9 Å². The molecule has 1 heterocycles. The number of rotatable bonds is 2. The van der Waals surface area contributed by atoms with Gasteiger partial charge in [0.15, 0.2) is 0 Å². The number of alkyl halides is 3. The van der Waals surface area contributed by atoms with Crippen molar-refractivity contribution in [3.63, 3.8) is 0 Å². The van der Waals surface area contributed by atoms with Crippen LogP contribution in [-0.4, -0.2) is 17.3 Å². The minimum Gasteiger partial charge on any atom is -0.374 e. The fourth-order valence-electron chi connectivity index (χ4n) is 1.16. The molecule has 0 amide bonds. The molecule has 0 aromatic carbocycles. The summed E-state index contributed by atoms with van der Waals surface area (Å²) in [6.07, 6.45) is -4.80. The van der Waals surface area contributed by atoms with Crippen molar-refractivity contribution in [1.29, 1.82) is 0 Å². The Labute approximate surface area is 97.0 Å². The zero-order chi connectivity index (χ0) is 11.9. The van der Waals surface area contributed by atoms with Crippen molar-refractivity contribution in [3.05, 3.63) is 20.8 Å². The lowest BCUT2D eigenvalue weighted by molar-refractivity contribution is -0.271. The fourth-order valence-corrected chi connectivity index (χ4v) is 3.05. The second-order valence-electron chi connectivity index (χ2n) is 3.15. The highest BCUT2D eigenvalue weighted by atomic mass is 79.9. The lowest BCUT2D eigenvalue weighted by Gasteiger charge is -2.33. The summed E-state index contributed by atoms with van der Waals surface area (Å²) in [7, 11) is 0. The van der Waals surface area contributed by atoms with Gasteiger partial charge >= 0.3 is 6.18 Å². The highest BCUT2D eigenvalue weighted by molar-refractivity contribution is 9.10. The van der Waals surface area contributed by atoms with E-state index in [4.69, 9.17) is 5.73 Å². The van der Waals surface area contributed by atoms with E-state index in [9.17, 15) is 18.3 Å². The Bertz CT molecular complexity index is 352.